The first-order chi connectivity index (χ1) is 18.1. The first-order valence-corrected chi connectivity index (χ1v) is 12.8. The molecule has 1 saturated heterocycles. The molecule has 0 radical (unpaired) electrons. The molecule has 4 amide bonds. The highest BCUT2D eigenvalue weighted by Crippen LogP contribution is 2.41. The lowest BCUT2D eigenvalue weighted by molar-refractivity contribution is -0.151. The fraction of sp³-hybridized carbons (Fsp3) is 0.538. The van der Waals surface area contributed by atoms with Crippen LogP contribution in [0.15, 0.2) is 35.5 Å². The molecule has 0 saturated carbocycles. The lowest BCUT2D eigenvalue weighted by Crippen LogP contribution is -2.47. The van der Waals surface area contributed by atoms with E-state index in [-0.39, 0.29) is 55.0 Å². The monoisotopic (exact) mass is 536 g/mol. The molecule has 4 rings (SSSR count). The summed E-state index contributed by atoms with van der Waals surface area (Å²) in [6.07, 6.45) is -3.64. The van der Waals surface area contributed by atoms with Gasteiger partial charge in [0, 0.05) is 32.6 Å². The summed E-state index contributed by atoms with van der Waals surface area (Å²) in [5.74, 6) is -1.18. The molecule has 0 aromatic heterocycles. The number of piperidine rings is 1. The average molecular weight is 537 g/mol. The van der Waals surface area contributed by atoms with Crippen molar-refractivity contribution in [3.8, 4) is 0 Å². The lowest BCUT2D eigenvalue weighted by Gasteiger charge is -2.33. The molecule has 3 aliphatic rings. The highest BCUT2D eigenvalue weighted by molar-refractivity contribution is 6.01. The van der Waals surface area contributed by atoms with Crippen LogP contribution in [0.4, 0.5) is 18.0 Å². The third kappa shape index (κ3) is 5.34. The number of likely N-dealkylation sites (N-methyl/N-ethyl adjacent to an activating group) is 1. The van der Waals surface area contributed by atoms with Crippen molar-refractivity contribution in [3.63, 3.8) is 0 Å². The van der Waals surface area contributed by atoms with Crippen LogP contribution >= 0.6 is 0 Å². The number of esters is 1. The molecule has 38 heavy (non-hydrogen) atoms. The minimum absolute atomic E-state index is 0.0215. The number of amides is 4. The number of nitrogens with one attached hydrogen (secondary N) is 1. The van der Waals surface area contributed by atoms with Gasteiger partial charge in [-0.15, -0.1) is 0 Å². The summed E-state index contributed by atoms with van der Waals surface area (Å²) < 4.78 is 46.3. The summed E-state index contributed by atoms with van der Waals surface area (Å²) in [5.41, 5.74) is -0.682. The summed E-state index contributed by atoms with van der Waals surface area (Å²) in [5, 5.41) is 2.58. The Morgan fingerprint density at radius 3 is 2.42 bits per heavy atom. The van der Waals surface area contributed by atoms with Gasteiger partial charge in [0.2, 0.25) is 5.91 Å². The number of alkyl halides is 3. The second-order valence-electron chi connectivity index (χ2n) is 9.46. The third-order valence-corrected chi connectivity index (χ3v) is 7.25. The lowest BCUT2D eigenvalue weighted by atomic mass is 9.91. The van der Waals surface area contributed by atoms with Crippen LogP contribution in [-0.4, -0.2) is 77.8 Å². The number of hydrogen-bond donors (Lipinski definition) is 1. The van der Waals surface area contributed by atoms with Gasteiger partial charge >= 0.3 is 18.2 Å². The zero-order chi connectivity index (χ0) is 27.6. The predicted molar refractivity (Wildman–Crippen MR) is 129 cm³/mol. The van der Waals surface area contributed by atoms with Crippen LogP contribution in [0.25, 0.3) is 0 Å². The van der Waals surface area contributed by atoms with E-state index in [1.54, 1.807) is 18.7 Å². The van der Waals surface area contributed by atoms with E-state index in [1.165, 1.54) is 28.0 Å². The third-order valence-electron chi connectivity index (χ3n) is 7.25. The van der Waals surface area contributed by atoms with E-state index in [2.05, 4.69) is 5.32 Å². The van der Waals surface area contributed by atoms with Crippen LogP contribution in [0.5, 0.6) is 0 Å². The molecule has 3 aliphatic heterocycles. The molecule has 206 valence electrons. The Kier molecular flexibility index (Phi) is 7.98. The molecule has 3 heterocycles. The van der Waals surface area contributed by atoms with Gasteiger partial charge in [0.15, 0.2) is 0 Å². The SMILES string of the molecule is CCOC(=O)C1CCN(C(=O)CCN2CC3=C(C2=O)[C@@H](c2ccccc2C(F)(F)F)NC(=O)N3CC)CC1. The second kappa shape index (κ2) is 11.0. The maximum absolute atomic E-state index is 13.8. The van der Waals surface area contributed by atoms with Crippen molar-refractivity contribution in [3.05, 3.63) is 46.7 Å². The van der Waals surface area contributed by atoms with Gasteiger partial charge in [-0.3, -0.25) is 19.3 Å². The van der Waals surface area contributed by atoms with E-state index >= 15 is 0 Å². The average Bonchev–Trinajstić information content (AvgIpc) is 3.22. The first-order valence-electron chi connectivity index (χ1n) is 12.8. The zero-order valence-corrected chi connectivity index (χ0v) is 21.3. The molecule has 0 spiro atoms. The zero-order valence-electron chi connectivity index (χ0n) is 21.3. The van der Waals surface area contributed by atoms with E-state index in [1.807, 2.05) is 0 Å². The van der Waals surface area contributed by atoms with Gasteiger partial charge in [0.25, 0.3) is 5.91 Å². The Morgan fingerprint density at radius 2 is 1.79 bits per heavy atom. The fourth-order valence-electron chi connectivity index (χ4n) is 5.32. The molecule has 1 atom stereocenters. The normalized spacial score (nSPS) is 20.6. The van der Waals surface area contributed by atoms with Gasteiger partial charge in [-0.1, -0.05) is 18.2 Å². The minimum Gasteiger partial charge on any atom is -0.466 e. The molecule has 9 nitrogen and oxygen atoms in total. The maximum atomic E-state index is 13.8. The number of carbonyl (C=O) groups is 4. The number of likely N-dealkylation sites (tertiary alicyclic amines) is 1. The van der Waals surface area contributed by atoms with E-state index in [9.17, 15) is 32.3 Å². The number of halogens is 3. The molecule has 12 heteroatoms. The summed E-state index contributed by atoms with van der Waals surface area (Å²) in [7, 11) is 0. The Bertz CT molecular complexity index is 1140. The highest BCUT2D eigenvalue weighted by atomic mass is 19.4. The number of rotatable bonds is 7. The second-order valence-corrected chi connectivity index (χ2v) is 9.46. The van der Waals surface area contributed by atoms with Gasteiger partial charge in [-0.2, -0.15) is 13.2 Å². The van der Waals surface area contributed by atoms with E-state index in [0.29, 0.717) is 38.2 Å². The number of ether oxygens (including phenoxy) is 1. The number of benzene rings is 1. The summed E-state index contributed by atoms with van der Waals surface area (Å²) in [6.45, 7) is 4.89. The van der Waals surface area contributed by atoms with Gasteiger partial charge < -0.3 is 19.9 Å². The van der Waals surface area contributed by atoms with Crippen molar-refractivity contribution >= 4 is 23.8 Å². The number of urea groups is 1. The van der Waals surface area contributed by atoms with Gasteiger partial charge in [-0.05, 0) is 38.3 Å². The van der Waals surface area contributed by atoms with E-state index in [4.69, 9.17) is 4.74 Å². The van der Waals surface area contributed by atoms with Crippen molar-refractivity contribution in [2.75, 3.05) is 39.3 Å². The Labute approximate surface area is 218 Å². The largest absolute Gasteiger partial charge is 0.466 e. The summed E-state index contributed by atoms with van der Waals surface area (Å²) >= 11 is 0. The first kappa shape index (κ1) is 27.5. The van der Waals surface area contributed by atoms with E-state index < -0.39 is 29.7 Å². The Hall–Kier alpha value is -3.57. The molecule has 1 aromatic rings. The highest BCUT2D eigenvalue weighted by Gasteiger charge is 2.46. The topological polar surface area (TPSA) is 99.3 Å². The molecule has 0 bridgehead atoms. The van der Waals surface area contributed by atoms with Crippen molar-refractivity contribution in [1.82, 2.24) is 20.0 Å². The van der Waals surface area contributed by atoms with Crippen LogP contribution in [0.1, 0.15) is 50.3 Å². The van der Waals surface area contributed by atoms with Crippen LogP contribution in [0.2, 0.25) is 0 Å². The standard InChI is InChI=1S/C26H31F3N4O5/c1-3-33-19-15-32(14-11-20(34)31-12-9-16(10-13-31)24(36)38-4-2)23(35)21(19)22(30-25(33)37)17-7-5-6-8-18(17)26(27,28)29/h5-8,16,22H,3-4,9-15H2,1-2H3,(H,30,37)/t22-/m1/s1. The molecule has 1 fully saturated rings. The smallest absolute Gasteiger partial charge is 0.416 e. The fourth-order valence-corrected chi connectivity index (χ4v) is 5.32. The van der Waals surface area contributed by atoms with Crippen LogP contribution in [0, 0.1) is 5.92 Å². The Morgan fingerprint density at radius 1 is 1.11 bits per heavy atom. The number of carbonyl (C=O) groups excluding carboxylic acids is 4. The Balaban J connectivity index is 1.47. The van der Waals surface area contributed by atoms with Gasteiger partial charge in [0.05, 0.1) is 41.9 Å². The predicted octanol–water partition coefficient (Wildman–Crippen LogP) is 3.08. The quantitative estimate of drug-likeness (QED) is 0.540. The van der Waals surface area contributed by atoms with Gasteiger partial charge in [0.1, 0.15) is 0 Å². The molecule has 0 aliphatic carbocycles. The molecular formula is C26H31F3N4O5. The van der Waals surface area contributed by atoms with Crippen LogP contribution in [-0.2, 0) is 25.3 Å². The van der Waals surface area contributed by atoms with Crippen molar-refractivity contribution in [2.24, 2.45) is 5.92 Å². The number of nitrogens with zero attached hydrogens (tertiary/aromatic N) is 3. The molecule has 1 aromatic carbocycles. The van der Waals surface area contributed by atoms with E-state index in [0.717, 1.165) is 6.07 Å². The summed E-state index contributed by atoms with van der Waals surface area (Å²) in [4.78, 5) is 55.4. The van der Waals surface area contributed by atoms with Crippen LogP contribution in [0.3, 0.4) is 0 Å². The summed E-state index contributed by atoms with van der Waals surface area (Å²) in [6, 6.07) is 3.05. The minimum atomic E-state index is -4.67. The van der Waals surface area contributed by atoms with Gasteiger partial charge in [-0.25, -0.2) is 4.79 Å². The van der Waals surface area contributed by atoms with Crippen molar-refractivity contribution in [1.29, 1.82) is 0 Å². The molecule has 0 unspecified atom stereocenters. The van der Waals surface area contributed by atoms with Crippen molar-refractivity contribution in [2.45, 2.75) is 45.3 Å². The molecular weight excluding hydrogens is 505 g/mol. The van der Waals surface area contributed by atoms with Crippen molar-refractivity contribution < 1.29 is 37.1 Å². The maximum Gasteiger partial charge on any atom is 0.416 e. The van der Waals surface area contributed by atoms with Crippen LogP contribution < -0.4 is 5.32 Å². The molecule has 1 N–H and O–H groups in total. The number of hydrogen-bond acceptors (Lipinski definition) is 5.